The first-order valence-electron chi connectivity index (χ1n) is 13.8. The zero-order chi connectivity index (χ0) is 28.0. The highest BCUT2D eigenvalue weighted by Gasteiger charge is 2.37. The molecule has 0 amide bonds. The average Bonchev–Trinajstić information content (AvgIpc) is 3.72. The Morgan fingerprint density at radius 1 is 1.00 bits per heavy atom. The molecule has 0 saturated carbocycles. The van der Waals surface area contributed by atoms with Crippen LogP contribution in [0.2, 0.25) is 0 Å². The Morgan fingerprint density at radius 3 is 2.50 bits per heavy atom. The molecule has 0 unspecified atom stereocenters. The first-order valence-corrected chi connectivity index (χ1v) is 16.1. The minimum absolute atomic E-state index is 0.00976. The van der Waals surface area contributed by atoms with Crippen LogP contribution in [0.5, 0.6) is 0 Å². The maximum Gasteiger partial charge on any atom is 0.254 e. The normalized spacial score (nSPS) is 24.8. The first kappa shape index (κ1) is 27.7. The molecule has 3 saturated heterocycles. The topological polar surface area (TPSA) is 98.0 Å². The number of imidazole rings is 1. The van der Waals surface area contributed by atoms with Crippen LogP contribution < -0.4 is 4.90 Å². The molecule has 6 rings (SSSR count). The zero-order valence-electron chi connectivity index (χ0n) is 22.8. The van der Waals surface area contributed by atoms with E-state index in [0.29, 0.717) is 26.2 Å². The van der Waals surface area contributed by atoms with E-state index in [4.69, 9.17) is 0 Å². The number of anilines is 1. The summed E-state index contributed by atoms with van der Waals surface area (Å²) in [6.07, 6.45) is 5.63. The molecule has 216 valence electrons. The number of aliphatic hydroxyl groups excluding tert-OH is 1. The number of rotatable bonds is 7. The predicted molar refractivity (Wildman–Crippen MR) is 151 cm³/mol. The molecule has 0 bridgehead atoms. The van der Waals surface area contributed by atoms with Crippen LogP contribution in [-0.4, -0.2) is 107 Å². The van der Waals surface area contributed by atoms with E-state index >= 15 is 0 Å². The summed E-state index contributed by atoms with van der Waals surface area (Å²) in [5, 5.41) is 10.7. The Bertz CT molecular complexity index is 1420. The molecule has 3 fully saturated rings. The third-order valence-electron chi connectivity index (χ3n) is 8.65. The van der Waals surface area contributed by atoms with Crippen LogP contribution in [0.25, 0.3) is 0 Å². The Hall–Kier alpha value is -2.42. The number of hydrogen-bond donors (Lipinski definition) is 1. The molecule has 1 N–H and O–H groups in total. The number of thiazole rings is 1. The zero-order valence-corrected chi connectivity index (χ0v) is 24.4. The van der Waals surface area contributed by atoms with E-state index < -0.39 is 10.0 Å². The van der Waals surface area contributed by atoms with Crippen molar-refractivity contribution in [2.75, 3.05) is 57.3 Å². The molecule has 10 nitrogen and oxygen atoms in total. The smallest absolute Gasteiger partial charge is 0.254 e. The number of aliphatic hydroxyl groups is 1. The van der Waals surface area contributed by atoms with Crippen molar-refractivity contribution in [2.45, 2.75) is 48.7 Å². The second kappa shape index (κ2) is 11.1. The lowest BCUT2D eigenvalue weighted by atomic mass is 10.1. The van der Waals surface area contributed by atoms with Crippen LogP contribution in [-0.2, 0) is 10.0 Å². The molecular formula is C27H36FN7O3S2. The van der Waals surface area contributed by atoms with E-state index in [1.165, 1.54) is 29.7 Å². The number of fused-ring (bicyclic) bond motifs is 1. The summed E-state index contributed by atoms with van der Waals surface area (Å²) in [7, 11) is -3.63. The van der Waals surface area contributed by atoms with Crippen LogP contribution in [0.15, 0.2) is 47.2 Å². The highest BCUT2D eigenvalue weighted by Crippen LogP contribution is 2.33. The SMILES string of the molecule is C[C@H](c1ccc(F)cc1)n1cncc1[C@H](C)N1CCN(S(=O)(=O)c2cnc(N3CCN4C[C@H](O)C[C@H]4C3)s2)CC1. The van der Waals surface area contributed by atoms with E-state index in [1.54, 1.807) is 22.8 Å². The Labute approximate surface area is 238 Å². The summed E-state index contributed by atoms with van der Waals surface area (Å²) in [5.74, 6) is -0.259. The van der Waals surface area contributed by atoms with Gasteiger partial charge in [-0.25, -0.2) is 22.8 Å². The van der Waals surface area contributed by atoms with Gasteiger partial charge in [0.15, 0.2) is 9.34 Å². The van der Waals surface area contributed by atoms with Gasteiger partial charge in [0.2, 0.25) is 0 Å². The molecule has 3 aliphatic rings. The first-order chi connectivity index (χ1) is 19.2. The van der Waals surface area contributed by atoms with Crippen molar-refractivity contribution in [1.29, 1.82) is 0 Å². The van der Waals surface area contributed by atoms with Crippen molar-refractivity contribution in [2.24, 2.45) is 0 Å². The van der Waals surface area contributed by atoms with Crippen molar-refractivity contribution in [3.05, 3.63) is 60.1 Å². The molecule has 3 aliphatic heterocycles. The second-order valence-corrected chi connectivity index (χ2v) is 14.2. The molecule has 3 aromatic rings. The van der Waals surface area contributed by atoms with Gasteiger partial charge in [0.25, 0.3) is 10.0 Å². The summed E-state index contributed by atoms with van der Waals surface area (Å²) < 4.78 is 44.4. The van der Waals surface area contributed by atoms with Crippen molar-refractivity contribution >= 4 is 26.5 Å². The van der Waals surface area contributed by atoms with Gasteiger partial charge in [-0.3, -0.25) is 9.80 Å². The number of halogens is 1. The number of piperazine rings is 2. The van der Waals surface area contributed by atoms with Crippen LogP contribution >= 0.6 is 11.3 Å². The lowest BCUT2D eigenvalue weighted by Crippen LogP contribution is -2.50. The quantitative estimate of drug-likeness (QED) is 0.449. The fourth-order valence-corrected chi connectivity index (χ4v) is 8.95. The number of hydrogen-bond acceptors (Lipinski definition) is 9. The van der Waals surface area contributed by atoms with Crippen molar-refractivity contribution in [3.63, 3.8) is 0 Å². The van der Waals surface area contributed by atoms with Crippen molar-refractivity contribution in [3.8, 4) is 0 Å². The van der Waals surface area contributed by atoms with Gasteiger partial charge >= 0.3 is 0 Å². The fraction of sp³-hybridized carbons (Fsp3) is 0.556. The van der Waals surface area contributed by atoms with Gasteiger partial charge in [-0.15, -0.1) is 0 Å². The van der Waals surface area contributed by atoms with E-state index in [9.17, 15) is 17.9 Å². The molecule has 40 heavy (non-hydrogen) atoms. The van der Waals surface area contributed by atoms with Crippen LogP contribution in [0.4, 0.5) is 9.52 Å². The molecule has 13 heteroatoms. The molecule has 0 radical (unpaired) electrons. The molecule has 5 heterocycles. The maximum absolute atomic E-state index is 13.5. The highest BCUT2D eigenvalue weighted by atomic mass is 32.2. The summed E-state index contributed by atoms with van der Waals surface area (Å²) >= 11 is 1.24. The predicted octanol–water partition coefficient (Wildman–Crippen LogP) is 2.41. The third kappa shape index (κ3) is 5.30. The lowest BCUT2D eigenvalue weighted by molar-refractivity contribution is 0.141. The van der Waals surface area contributed by atoms with Crippen molar-refractivity contribution in [1.82, 2.24) is 28.6 Å². The minimum Gasteiger partial charge on any atom is -0.392 e. The van der Waals surface area contributed by atoms with E-state index in [0.717, 1.165) is 49.0 Å². The monoisotopic (exact) mass is 589 g/mol. The van der Waals surface area contributed by atoms with E-state index in [1.807, 2.05) is 6.20 Å². The Balaban J connectivity index is 1.09. The summed E-state index contributed by atoms with van der Waals surface area (Å²) in [6.45, 7) is 9.31. The van der Waals surface area contributed by atoms with Gasteiger partial charge in [0.1, 0.15) is 5.82 Å². The Kier molecular flexibility index (Phi) is 7.70. The Morgan fingerprint density at radius 2 is 1.75 bits per heavy atom. The maximum atomic E-state index is 13.5. The van der Waals surface area contributed by atoms with Gasteiger partial charge in [0, 0.05) is 70.6 Å². The molecule has 4 atom stereocenters. The third-order valence-corrected chi connectivity index (χ3v) is 12.0. The van der Waals surface area contributed by atoms with Gasteiger partial charge in [-0.2, -0.15) is 4.31 Å². The second-order valence-electron chi connectivity index (χ2n) is 11.0. The van der Waals surface area contributed by atoms with Gasteiger partial charge in [-0.1, -0.05) is 23.5 Å². The highest BCUT2D eigenvalue weighted by molar-refractivity contribution is 7.91. The molecule has 1 aromatic carbocycles. The minimum atomic E-state index is -3.63. The number of benzene rings is 1. The van der Waals surface area contributed by atoms with Gasteiger partial charge in [-0.05, 0) is 38.0 Å². The molecule has 0 aliphatic carbocycles. The summed E-state index contributed by atoms with van der Waals surface area (Å²) in [4.78, 5) is 15.6. The average molecular weight is 590 g/mol. The molecular weight excluding hydrogens is 553 g/mol. The van der Waals surface area contributed by atoms with Crippen molar-refractivity contribution < 1.29 is 17.9 Å². The van der Waals surface area contributed by atoms with Crippen LogP contribution in [0.1, 0.15) is 43.6 Å². The van der Waals surface area contributed by atoms with E-state index in [-0.39, 0.29) is 34.3 Å². The summed E-state index contributed by atoms with van der Waals surface area (Å²) in [5.41, 5.74) is 2.03. The van der Waals surface area contributed by atoms with E-state index in [2.05, 4.69) is 43.1 Å². The number of sulfonamides is 1. The standard InChI is InChI=1S/C27H36FN7O3S2/c1-19(21-3-5-22(28)6-4-21)35-18-29-14-25(35)20(2)31-9-11-34(12-10-31)40(37,38)26-15-30-27(39-26)33-8-7-32-17-24(36)13-23(32)16-33/h3-6,14-15,18-20,23-24,36H,7-13,16-17H2,1-2H3/t19-,20+,23+,24-/m1/s1. The van der Waals surface area contributed by atoms with Gasteiger partial charge in [0.05, 0.1) is 30.4 Å². The fourth-order valence-electron chi connectivity index (χ4n) is 6.22. The van der Waals surface area contributed by atoms with Crippen LogP contribution in [0.3, 0.4) is 0 Å². The van der Waals surface area contributed by atoms with Gasteiger partial charge < -0.3 is 14.6 Å². The lowest BCUT2D eigenvalue weighted by Gasteiger charge is -2.37. The summed E-state index contributed by atoms with van der Waals surface area (Å²) in [6, 6.07) is 6.85. The number of aromatic nitrogens is 3. The van der Waals surface area contributed by atoms with Crippen LogP contribution in [0, 0.1) is 5.82 Å². The molecule has 0 spiro atoms. The molecule has 2 aromatic heterocycles. The number of nitrogens with zero attached hydrogens (tertiary/aromatic N) is 7. The largest absolute Gasteiger partial charge is 0.392 e.